The lowest BCUT2D eigenvalue weighted by atomic mass is 10.1. The highest BCUT2D eigenvalue weighted by molar-refractivity contribution is 5.85. The Morgan fingerprint density at radius 1 is 1.15 bits per heavy atom. The molecule has 0 aliphatic carbocycles. The molecule has 1 N–H and O–H groups in total. The quantitative estimate of drug-likeness (QED) is 0.758. The van der Waals surface area contributed by atoms with E-state index >= 15 is 0 Å². The van der Waals surface area contributed by atoms with Crippen LogP contribution in [0, 0.1) is 0 Å². The first-order chi connectivity index (χ1) is 12.3. The molecule has 0 amide bonds. The number of hydrogen-bond donors (Lipinski definition) is 1. The van der Waals surface area contributed by atoms with Gasteiger partial charge in [-0.15, -0.1) is 12.4 Å². The number of nitrogens with one attached hydrogen (secondary N) is 1. The maximum Gasteiger partial charge on any atom is 0.246 e. The largest absolute Gasteiger partial charge is 0.497 e. The van der Waals surface area contributed by atoms with E-state index in [1.54, 1.807) is 7.11 Å². The molecule has 1 aromatic heterocycles. The van der Waals surface area contributed by atoms with E-state index in [0.717, 1.165) is 30.9 Å². The minimum atomic E-state index is 0. The third-order valence-corrected chi connectivity index (χ3v) is 4.35. The zero-order valence-electron chi connectivity index (χ0n) is 14.5. The van der Waals surface area contributed by atoms with Gasteiger partial charge in [0.1, 0.15) is 5.75 Å². The van der Waals surface area contributed by atoms with Gasteiger partial charge < -0.3 is 19.5 Å². The SMILES string of the molecule is COc1ccc(-c2noc(CN3CCNCc4ccccc43)n2)cc1.Cl. The summed E-state index contributed by atoms with van der Waals surface area (Å²) < 4.78 is 10.7. The summed E-state index contributed by atoms with van der Waals surface area (Å²) in [4.78, 5) is 6.83. The van der Waals surface area contributed by atoms with E-state index < -0.39 is 0 Å². The molecule has 0 saturated heterocycles. The van der Waals surface area contributed by atoms with Crippen molar-refractivity contribution in [1.82, 2.24) is 15.5 Å². The fourth-order valence-corrected chi connectivity index (χ4v) is 3.03. The molecule has 0 fully saturated rings. The second-order valence-electron chi connectivity index (χ2n) is 5.97. The molecule has 2 aromatic carbocycles. The van der Waals surface area contributed by atoms with E-state index in [9.17, 15) is 0 Å². The number of benzene rings is 2. The van der Waals surface area contributed by atoms with Crippen molar-refractivity contribution in [1.29, 1.82) is 0 Å². The smallest absolute Gasteiger partial charge is 0.246 e. The van der Waals surface area contributed by atoms with Gasteiger partial charge in [-0.3, -0.25) is 0 Å². The number of nitrogens with zero attached hydrogens (tertiary/aromatic N) is 3. The summed E-state index contributed by atoms with van der Waals surface area (Å²) >= 11 is 0. The lowest BCUT2D eigenvalue weighted by Crippen LogP contribution is -2.28. The summed E-state index contributed by atoms with van der Waals surface area (Å²) in [5.74, 6) is 2.02. The first-order valence-corrected chi connectivity index (χ1v) is 8.34. The molecule has 6 nitrogen and oxygen atoms in total. The molecule has 1 aliphatic heterocycles. The summed E-state index contributed by atoms with van der Waals surface area (Å²) in [7, 11) is 1.65. The monoisotopic (exact) mass is 372 g/mol. The van der Waals surface area contributed by atoms with Crippen LogP contribution < -0.4 is 15.0 Å². The van der Waals surface area contributed by atoms with Gasteiger partial charge in [-0.05, 0) is 35.9 Å². The third kappa shape index (κ3) is 3.81. The van der Waals surface area contributed by atoms with Crippen LogP contribution in [0.2, 0.25) is 0 Å². The van der Waals surface area contributed by atoms with Crippen LogP contribution in [0.1, 0.15) is 11.5 Å². The van der Waals surface area contributed by atoms with Gasteiger partial charge in [0.25, 0.3) is 0 Å². The van der Waals surface area contributed by atoms with Crippen LogP contribution in [0.3, 0.4) is 0 Å². The number of aromatic nitrogens is 2. The third-order valence-electron chi connectivity index (χ3n) is 4.35. The molecule has 0 spiro atoms. The summed E-state index contributed by atoms with van der Waals surface area (Å²) in [6, 6.07) is 16.1. The van der Waals surface area contributed by atoms with Gasteiger partial charge in [-0.25, -0.2) is 0 Å². The van der Waals surface area contributed by atoms with Crippen molar-refractivity contribution in [3.63, 3.8) is 0 Å². The van der Waals surface area contributed by atoms with Crippen molar-refractivity contribution in [2.75, 3.05) is 25.1 Å². The Kier molecular flexibility index (Phi) is 5.75. The second-order valence-corrected chi connectivity index (χ2v) is 5.97. The topological polar surface area (TPSA) is 63.4 Å². The second kappa shape index (κ2) is 8.21. The minimum Gasteiger partial charge on any atom is -0.497 e. The fraction of sp³-hybridized carbons (Fsp3) is 0.263. The predicted octanol–water partition coefficient (Wildman–Crippen LogP) is 3.28. The number of ether oxygens (including phenoxy) is 1. The van der Waals surface area contributed by atoms with E-state index in [-0.39, 0.29) is 12.4 Å². The van der Waals surface area contributed by atoms with Crippen molar-refractivity contribution in [2.45, 2.75) is 13.1 Å². The molecule has 7 heteroatoms. The number of methoxy groups -OCH3 is 1. The Morgan fingerprint density at radius 3 is 2.77 bits per heavy atom. The highest BCUT2D eigenvalue weighted by Crippen LogP contribution is 2.25. The maximum atomic E-state index is 5.48. The molecule has 2 heterocycles. The van der Waals surface area contributed by atoms with Gasteiger partial charge >= 0.3 is 0 Å². The molecule has 1 aliphatic rings. The van der Waals surface area contributed by atoms with Crippen molar-refractivity contribution >= 4 is 18.1 Å². The Labute approximate surface area is 158 Å². The van der Waals surface area contributed by atoms with Gasteiger partial charge in [0.2, 0.25) is 11.7 Å². The van der Waals surface area contributed by atoms with Crippen LogP contribution in [-0.2, 0) is 13.1 Å². The zero-order valence-corrected chi connectivity index (χ0v) is 15.3. The molecule has 0 bridgehead atoms. The van der Waals surface area contributed by atoms with Gasteiger partial charge in [0.15, 0.2) is 0 Å². The van der Waals surface area contributed by atoms with Crippen LogP contribution in [0.15, 0.2) is 53.1 Å². The van der Waals surface area contributed by atoms with Gasteiger partial charge in [0.05, 0.1) is 13.7 Å². The average molecular weight is 373 g/mol. The molecule has 0 radical (unpaired) electrons. The maximum absolute atomic E-state index is 5.48. The summed E-state index contributed by atoms with van der Waals surface area (Å²) in [6.07, 6.45) is 0. The summed E-state index contributed by atoms with van der Waals surface area (Å²) in [5, 5.41) is 7.56. The van der Waals surface area contributed by atoms with Gasteiger partial charge in [0, 0.05) is 30.9 Å². The number of anilines is 1. The van der Waals surface area contributed by atoms with E-state index in [0.29, 0.717) is 18.3 Å². The first kappa shape index (κ1) is 18.2. The van der Waals surface area contributed by atoms with Crippen molar-refractivity contribution in [3.8, 4) is 17.1 Å². The zero-order chi connectivity index (χ0) is 17.1. The lowest BCUT2D eigenvalue weighted by molar-refractivity contribution is 0.376. The number of halogens is 1. The van der Waals surface area contributed by atoms with Crippen LogP contribution in [0.5, 0.6) is 5.75 Å². The van der Waals surface area contributed by atoms with Crippen molar-refractivity contribution < 1.29 is 9.26 Å². The van der Waals surface area contributed by atoms with Gasteiger partial charge in [-0.2, -0.15) is 4.98 Å². The molecule has 3 aromatic rings. The fourth-order valence-electron chi connectivity index (χ4n) is 3.03. The molecule has 4 rings (SSSR count). The van der Waals surface area contributed by atoms with Crippen LogP contribution in [0.4, 0.5) is 5.69 Å². The highest BCUT2D eigenvalue weighted by Gasteiger charge is 2.18. The Balaban J connectivity index is 0.00000196. The summed E-state index contributed by atoms with van der Waals surface area (Å²) in [5.41, 5.74) is 3.42. The van der Waals surface area contributed by atoms with E-state index in [1.165, 1.54) is 11.3 Å². The van der Waals surface area contributed by atoms with Crippen molar-refractivity contribution in [2.24, 2.45) is 0 Å². The molecule has 26 heavy (non-hydrogen) atoms. The Hall–Kier alpha value is -2.57. The van der Waals surface area contributed by atoms with Crippen LogP contribution in [0.25, 0.3) is 11.4 Å². The predicted molar refractivity (Wildman–Crippen MR) is 103 cm³/mol. The van der Waals surface area contributed by atoms with Crippen LogP contribution in [-0.4, -0.2) is 30.3 Å². The molecule has 136 valence electrons. The summed E-state index contributed by atoms with van der Waals surface area (Å²) in [6.45, 7) is 3.31. The van der Waals surface area contributed by atoms with E-state index in [4.69, 9.17) is 9.26 Å². The normalized spacial score (nSPS) is 13.5. The van der Waals surface area contributed by atoms with Gasteiger partial charge in [-0.1, -0.05) is 23.4 Å². The minimum absolute atomic E-state index is 0. The Morgan fingerprint density at radius 2 is 1.96 bits per heavy atom. The average Bonchev–Trinajstić information content (AvgIpc) is 3.03. The number of fused-ring (bicyclic) bond motifs is 1. The standard InChI is InChI=1S/C19H20N4O2.ClH/c1-24-16-8-6-14(7-9-16)19-21-18(25-22-19)13-23-11-10-20-12-15-4-2-3-5-17(15)23;/h2-9,20H,10-13H2,1H3;1H. The molecule has 0 saturated carbocycles. The number of para-hydroxylation sites is 1. The molecule has 0 unspecified atom stereocenters. The number of hydrogen-bond acceptors (Lipinski definition) is 6. The highest BCUT2D eigenvalue weighted by atomic mass is 35.5. The molecular formula is C19H21ClN4O2. The number of rotatable bonds is 4. The lowest BCUT2D eigenvalue weighted by Gasteiger charge is -2.22. The first-order valence-electron chi connectivity index (χ1n) is 8.34. The van der Waals surface area contributed by atoms with Crippen LogP contribution >= 0.6 is 12.4 Å². The van der Waals surface area contributed by atoms with E-state index in [1.807, 2.05) is 24.3 Å². The van der Waals surface area contributed by atoms with E-state index in [2.05, 4.69) is 44.6 Å². The molecular weight excluding hydrogens is 352 g/mol. The van der Waals surface area contributed by atoms with Crippen molar-refractivity contribution in [3.05, 3.63) is 60.0 Å². The Bertz CT molecular complexity index is 851. The molecule has 0 atom stereocenters.